The molecule has 7 nitrogen and oxygen atoms in total. The van der Waals surface area contributed by atoms with Crippen LogP contribution in [0.4, 0.5) is 0 Å². The Balaban J connectivity index is 1.51. The van der Waals surface area contributed by atoms with E-state index in [9.17, 15) is 4.79 Å². The molecule has 0 saturated carbocycles. The van der Waals surface area contributed by atoms with Crippen LogP contribution in [-0.2, 0) is 4.79 Å². The molecule has 1 fully saturated rings. The molecule has 0 aliphatic carbocycles. The summed E-state index contributed by atoms with van der Waals surface area (Å²) in [5.41, 5.74) is 1.74. The summed E-state index contributed by atoms with van der Waals surface area (Å²) < 4.78 is 17.0. The lowest BCUT2D eigenvalue weighted by atomic mass is 10.1. The van der Waals surface area contributed by atoms with Crippen LogP contribution < -0.4 is 14.2 Å². The molecule has 1 aliphatic heterocycles. The van der Waals surface area contributed by atoms with Crippen molar-refractivity contribution in [1.29, 1.82) is 0 Å². The van der Waals surface area contributed by atoms with Crippen LogP contribution in [0.25, 0.3) is 0 Å². The molecule has 1 saturated heterocycles. The molecular weight excluding hydrogens is 358 g/mol. The summed E-state index contributed by atoms with van der Waals surface area (Å²) in [4.78, 5) is 23.0. The number of carbonyl (C=O) groups excluding carboxylic acids is 1. The number of hydrogen-bond acceptors (Lipinski definition) is 6. The Morgan fingerprint density at radius 1 is 1.11 bits per heavy atom. The van der Waals surface area contributed by atoms with Gasteiger partial charge in [-0.1, -0.05) is 0 Å². The molecule has 1 aromatic carbocycles. The van der Waals surface area contributed by atoms with E-state index in [2.05, 4.69) is 9.97 Å². The van der Waals surface area contributed by atoms with E-state index in [0.717, 1.165) is 30.0 Å². The number of carbonyl (C=O) groups is 1. The third-order valence-corrected chi connectivity index (χ3v) is 4.46. The van der Waals surface area contributed by atoms with Gasteiger partial charge in [0.15, 0.2) is 6.61 Å². The van der Waals surface area contributed by atoms with Crippen molar-refractivity contribution in [2.24, 2.45) is 0 Å². The lowest BCUT2D eigenvalue weighted by molar-refractivity contribution is -0.136. The lowest BCUT2D eigenvalue weighted by Crippen LogP contribution is -2.46. The number of benzene rings is 1. The zero-order valence-electron chi connectivity index (χ0n) is 16.7. The third-order valence-electron chi connectivity index (χ3n) is 4.46. The van der Waals surface area contributed by atoms with E-state index < -0.39 is 0 Å². The van der Waals surface area contributed by atoms with E-state index in [-0.39, 0.29) is 18.6 Å². The van der Waals surface area contributed by atoms with Crippen molar-refractivity contribution in [3.05, 3.63) is 41.7 Å². The first-order chi connectivity index (χ1) is 13.5. The monoisotopic (exact) mass is 385 g/mol. The van der Waals surface area contributed by atoms with Crippen LogP contribution in [0.3, 0.4) is 0 Å². The zero-order chi connectivity index (χ0) is 19.9. The van der Waals surface area contributed by atoms with Gasteiger partial charge in [0, 0.05) is 17.9 Å². The number of amides is 1. The average Bonchev–Trinajstić information content (AvgIpc) is 2.67. The van der Waals surface area contributed by atoms with Crippen molar-refractivity contribution in [2.45, 2.75) is 39.7 Å². The number of ether oxygens (including phenoxy) is 3. The molecule has 7 heteroatoms. The van der Waals surface area contributed by atoms with Gasteiger partial charge in [-0.3, -0.25) is 4.79 Å². The van der Waals surface area contributed by atoms with Crippen molar-refractivity contribution in [3.63, 3.8) is 0 Å². The Kier molecular flexibility index (Phi) is 6.68. The molecule has 0 bridgehead atoms. The van der Waals surface area contributed by atoms with Crippen molar-refractivity contribution in [1.82, 2.24) is 14.9 Å². The Morgan fingerprint density at radius 3 is 2.39 bits per heavy atom. The van der Waals surface area contributed by atoms with Gasteiger partial charge in [0.25, 0.3) is 5.91 Å². The minimum absolute atomic E-state index is 0.000749. The van der Waals surface area contributed by atoms with Gasteiger partial charge < -0.3 is 19.1 Å². The van der Waals surface area contributed by atoms with Gasteiger partial charge in [0.05, 0.1) is 13.2 Å². The minimum Gasteiger partial charge on any atom is -0.494 e. The fourth-order valence-corrected chi connectivity index (χ4v) is 3.19. The second-order valence-corrected chi connectivity index (χ2v) is 6.85. The molecule has 2 heterocycles. The van der Waals surface area contributed by atoms with Gasteiger partial charge in [0.2, 0.25) is 0 Å². The van der Waals surface area contributed by atoms with Crippen LogP contribution in [0.5, 0.6) is 17.5 Å². The van der Waals surface area contributed by atoms with Crippen molar-refractivity contribution < 1.29 is 19.0 Å². The molecule has 150 valence electrons. The molecule has 3 rings (SSSR count). The Morgan fingerprint density at radius 2 is 1.75 bits per heavy atom. The molecule has 1 aromatic heterocycles. The van der Waals surface area contributed by atoms with Gasteiger partial charge in [-0.25, -0.2) is 9.97 Å². The highest BCUT2D eigenvalue weighted by molar-refractivity contribution is 5.77. The highest BCUT2D eigenvalue weighted by Gasteiger charge is 2.26. The van der Waals surface area contributed by atoms with Gasteiger partial charge in [0.1, 0.15) is 17.6 Å². The quantitative estimate of drug-likeness (QED) is 0.730. The molecule has 1 amide bonds. The highest BCUT2D eigenvalue weighted by atomic mass is 16.5. The van der Waals surface area contributed by atoms with E-state index in [1.54, 1.807) is 17.0 Å². The molecule has 1 unspecified atom stereocenters. The van der Waals surface area contributed by atoms with Gasteiger partial charge in [-0.15, -0.1) is 0 Å². The number of rotatable bonds is 7. The zero-order valence-corrected chi connectivity index (χ0v) is 16.7. The van der Waals surface area contributed by atoms with E-state index in [1.165, 1.54) is 0 Å². The van der Waals surface area contributed by atoms with Crippen molar-refractivity contribution >= 4 is 5.91 Å². The number of likely N-dealkylation sites (tertiary alicyclic amines) is 1. The SMILES string of the molecule is CCOc1ccc(OCC(=O)N2CCCC(Oc3nc(C)cc(C)n3)C2)cc1. The van der Waals surface area contributed by atoms with E-state index in [4.69, 9.17) is 14.2 Å². The Labute approximate surface area is 165 Å². The summed E-state index contributed by atoms with van der Waals surface area (Å²) in [7, 11) is 0. The predicted molar refractivity (Wildman–Crippen MR) is 105 cm³/mol. The Hall–Kier alpha value is -2.83. The maximum atomic E-state index is 12.5. The van der Waals surface area contributed by atoms with Gasteiger partial charge in [-0.05, 0) is 63.9 Å². The minimum atomic E-state index is -0.107. The Bertz CT molecular complexity index is 774. The van der Waals surface area contributed by atoms with Crippen LogP contribution in [0.2, 0.25) is 0 Å². The highest BCUT2D eigenvalue weighted by Crippen LogP contribution is 2.19. The fraction of sp³-hybridized carbons (Fsp3) is 0.476. The lowest BCUT2D eigenvalue weighted by Gasteiger charge is -2.32. The second-order valence-electron chi connectivity index (χ2n) is 6.85. The smallest absolute Gasteiger partial charge is 0.317 e. The topological polar surface area (TPSA) is 73.8 Å². The molecule has 28 heavy (non-hydrogen) atoms. The summed E-state index contributed by atoms with van der Waals surface area (Å²) in [6.45, 7) is 7.60. The average molecular weight is 385 g/mol. The predicted octanol–water partition coefficient (Wildman–Crippen LogP) is 2.94. The first-order valence-electron chi connectivity index (χ1n) is 9.66. The maximum absolute atomic E-state index is 12.5. The molecule has 0 spiro atoms. The van der Waals surface area contributed by atoms with E-state index >= 15 is 0 Å². The third kappa shape index (κ3) is 5.58. The second kappa shape index (κ2) is 9.39. The molecule has 1 atom stereocenters. The molecule has 1 aliphatic rings. The van der Waals surface area contributed by atoms with Crippen LogP contribution in [0.15, 0.2) is 30.3 Å². The number of nitrogens with zero attached hydrogens (tertiary/aromatic N) is 3. The van der Waals surface area contributed by atoms with Crippen molar-refractivity contribution in [3.8, 4) is 17.5 Å². The first-order valence-corrected chi connectivity index (χ1v) is 9.66. The van der Waals surface area contributed by atoms with Gasteiger partial charge >= 0.3 is 6.01 Å². The molecule has 0 radical (unpaired) electrons. The van der Waals surface area contributed by atoms with Crippen LogP contribution >= 0.6 is 0 Å². The summed E-state index contributed by atoms with van der Waals surface area (Å²) in [5.74, 6) is 1.37. The normalized spacial score (nSPS) is 16.5. The van der Waals surface area contributed by atoms with Crippen LogP contribution in [0, 0.1) is 13.8 Å². The summed E-state index contributed by atoms with van der Waals surface area (Å²) in [5, 5.41) is 0. The van der Waals surface area contributed by atoms with Gasteiger partial charge in [-0.2, -0.15) is 0 Å². The van der Waals surface area contributed by atoms with Crippen LogP contribution in [-0.4, -0.2) is 53.2 Å². The first kappa shape index (κ1) is 19.9. The fourth-order valence-electron chi connectivity index (χ4n) is 3.19. The molecule has 0 N–H and O–H groups in total. The van der Waals surface area contributed by atoms with E-state index in [1.807, 2.05) is 39.0 Å². The van der Waals surface area contributed by atoms with Crippen molar-refractivity contribution in [2.75, 3.05) is 26.3 Å². The summed E-state index contributed by atoms with van der Waals surface area (Å²) in [6.07, 6.45) is 1.65. The number of piperidine rings is 1. The van der Waals surface area contributed by atoms with E-state index in [0.29, 0.717) is 31.5 Å². The maximum Gasteiger partial charge on any atom is 0.317 e. The molecular formula is C21H27N3O4. The number of aryl methyl sites for hydroxylation is 2. The standard InChI is InChI=1S/C21H27N3O4/c1-4-26-17-7-9-18(10-8-17)27-14-20(25)24-11-5-6-19(13-24)28-21-22-15(2)12-16(3)23-21/h7-10,12,19H,4-6,11,13-14H2,1-3H3. The van der Waals surface area contributed by atoms with Crippen LogP contribution in [0.1, 0.15) is 31.2 Å². The number of aromatic nitrogens is 2. The largest absolute Gasteiger partial charge is 0.494 e. The summed E-state index contributed by atoms with van der Waals surface area (Å²) in [6, 6.07) is 9.55. The summed E-state index contributed by atoms with van der Waals surface area (Å²) >= 11 is 0. The number of hydrogen-bond donors (Lipinski definition) is 0. The molecule has 2 aromatic rings.